The highest BCUT2D eigenvalue weighted by molar-refractivity contribution is 8.00. The lowest BCUT2D eigenvalue weighted by atomic mass is 10.2. The molecular weight excluding hydrogens is 220 g/mol. The largest absolute Gasteiger partial charge is 0.337 e. The molecular formula is C9H19ClN2OS. The maximum Gasteiger partial charge on any atom is 0.236 e. The normalized spacial score (nSPS) is 26.9. The number of nitrogens with one attached hydrogen (secondary N) is 1. The van der Waals surface area contributed by atoms with E-state index in [0.29, 0.717) is 17.8 Å². The number of thioether (sulfide) groups is 1. The van der Waals surface area contributed by atoms with E-state index < -0.39 is 0 Å². The van der Waals surface area contributed by atoms with Crippen molar-refractivity contribution in [3.63, 3.8) is 0 Å². The number of rotatable bonds is 2. The average molecular weight is 239 g/mol. The predicted octanol–water partition coefficient (Wildman–Crippen LogP) is 0.980. The van der Waals surface area contributed by atoms with Gasteiger partial charge in [0.15, 0.2) is 0 Å². The molecule has 0 spiro atoms. The van der Waals surface area contributed by atoms with Crippen LogP contribution in [0, 0.1) is 0 Å². The van der Waals surface area contributed by atoms with Gasteiger partial charge in [-0.25, -0.2) is 0 Å². The summed E-state index contributed by atoms with van der Waals surface area (Å²) in [5, 5.41) is 3.47. The molecule has 0 aliphatic carbocycles. The smallest absolute Gasteiger partial charge is 0.236 e. The summed E-state index contributed by atoms with van der Waals surface area (Å²) in [6, 6.07) is 0.375. The highest BCUT2D eigenvalue weighted by Gasteiger charge is 2.27. The summed E-state index contributed by atoms with van der Waals surface area (Å²) >= 11 is 1.95. The van der Waals surface area contributed by atoms with Crippen LogP contribution in [-0.2, 0) is 4.79 Å². The Morgan fingerprint density at radius 1 is 1.57 bits per heavy atom. The molecule has 1 N–H and O–H groups in total. The number of halogens is 1. The van der Waals surface area contributed by atoms with Crippen molar-refractivity contribution in [2.75, 3.05) is 25.9 Å². The second kappa shape index (κ2) is 6.53. The first-order chi connectivity index (χ1) is 6.16. The standard InChI is InChI=1S/C9H18N2OS.ClH/c1-7-8(2)13-5-4-11(7)9(12)6-10-3;/h7-8,10H,4-6H2,1-3H3;1H. The van der Waals surface area contributed by atoms with Crippen LogP contribution in [0.1, 0.15) is 13.8 Å². The van der Waals surface area contributed by atoms with Crippen molar-refractivity contribution >= 4 is 30.1 Å². The highest BCUT2D eigenvalue weighted by atomic mass is 35.5. The zero-order chi connectivity index (χ0) is 9.84. The molecule has 1 heterocycles. The summed E-state index contributed by atoms with van der Waals surface area (Å²) in [5.41, 5.74) is 0. The minimum atomic E-state index is 0. The van der Waals surface area contributed by atoms with Crippen LogP contribution in [0.5, 0.6) is 0 Å². The Hall–Kier alpha value is 0.0700. The van der Waals surface area contributed by atoms with E-state index in [9.17, 15) is 4.79 Å². The van der Waals surface area contributed by atoms with Crippen molar-refractivity contribution in [2.45, 2.75) is 25.1 Å². The molecule has 0 radical (unpaired) electrons. The average Bonchev–Trinajstić information content (AvgIpc) is 2.10. The van der Waals surface area contributed by atoms with Gasteiger partial charge in [-0.1, -0.05) is 6.92 Å². The van der Waals surface area contributed by atoms with Gasteiger partial charge < -0.3 is 10.2 Å². The molecule has 2 unspecified atom stereocenters. The monoisotopic (exact) mass is 238 g/mol. The molecule has 3 nitrogen and oxygen atoms in total. The highest BCUT2D eigenvalue weighted by Crippen LogP contribution is 2.23. The number of carbonyl (C=O) groups excluding carboxylic acids is 1. The lowest BCUT2D eigenvalue weighted by Gasteiger charge is -2.37. The fourth-order valence-electron chi connectivity index (χ4n) is 1.54. The van der Waals surface area contributed by atoms with Gasteiger partial charge >= 0.3 is 0 Å². The molecule has 0 saturated carbocycles. The van der Waals surface area contributed by atoms with Gasteiger partial charge in [0, 0.05) is 23.6 Å². The Bertz CT molecular complexity index is 192. The van der Waals surface area contributed by atoms with Crippen molar-refractivity contribution in [3.8, 4) is 0 Å². The Morgan fingerprint density at radius 3 is 2.79 bits per heavy atom. The number of nitrogens with zero attached hydrogens (tertiary/aromatic N) is 1. The Morgan fingerprint density at radius 2 is 2.21 bits per heavy atom. The van der Waals surface area contributed by atoms with E-state index >= 15 is 0 Å². The van der Waals surface area contributed by atoms with Crippen molar-refractivity contribution in [3.05, 3.63) is 0 Å². The maximum absolute atomic E-state index is 11.6. The van der Waals surface area contributed by atoms with Crippen LogP contribution in [0.2, 0.25) is 0 Å². The van der Waals surface area contributed by atoms with Gasteiger partial charge in [-0.3, -0.25) is 4.79 Å². The van der Waals surface area contributed by atoms with E-state index in [4.69, 9.17) is 0 Å². The molecule has 0 aromatic heterocycles. The molecule has 0 aromatic carbocycles. The third kappa shape index (κ3) is 3.33. The molecule has 1 amide bonds. The maximum atomic E-state index is 11.6. The van der Waals surface area contributed by atoms with E-state index in [1.165, 1.54) is 0 Å². The quantitative estimate of drug-likeness (QED) is 0.779. The minimum absolute atomic E-state index is 0. The predicted molar refractivity (Wildman–Crippen MR) is 64.3 cm³/mol. The van der Waals surface area contributed by atoms with Gasteiger partial charge in [-0.2, -0.15) is 11.8 Å². The van der Waals surface area contributed by atoms with Crippen LogP contribution in [0.15, 0.2) is 0 Å². The first-order valence-electron chi connectivity index (χ1n) is 4.72. The Kier molecular flexibility index (Phi) is 6.57. The minimum Gasteiger partial charge on any atom is -0.337 e. The molecule has 1 saturated heterocycles. The van der Waals surface area contributed by atoms with Crippen LogP contribution >= 0.6 is 24.2 Å². The fourth-order valence-corrected chi connectivity index (χ4v) is 2.64. The van der Waals surface area contributed by atoms with Crippen LogP contribution in [-0.4, -0.2) is 48.0 Å². The second-order valence-corrected chi connectivity index (χ2v) is 4.92. The molecule has 84 valence electrons. The summed E-state index contributed by atoms with van der Waals surface area (Å²) in [5.74, 6) is 1.29. The van der Waals surface area contributed by atoms with Crippen molar-refractivity contribution in [1.29, 1.82) is 0 Å². The van der Waals surface area contributed by atoms with Crippen molar-refractivity contribution in [1.82, 2.24) is 10.2 Å². The number of likely N-dealkylation sites (N-methyl/N-ethyl adjacent to an activating group) is 1. The Labute approximate surface area is 96.4 Å². The lowest BCUT2D eigenvalue weighted by Crippen LogP contribution is -2.50. The Balaban J connectivity index is 0.00000169. The van der Waals surface area contributed by atoms with E-state index in [-0.39, 0.29) is 18.3 Å². The number of hydrogen-bond donors (Lipinski definition) is 1. The SMILES string of the molecule is CNCC(=O)N1CCSC(C)C1C.Cl. The van der Waals surface area contributed by atoms with Gasteiger partial charge in [-0.15, -0.1) is 12.4 Å². The van der Waals surface area contributed by atoms with Gasteiger partial charge in [0.1, 0.15) is 0 Å². The molecule has 0 aromatic rings. The second-order valence-electron chi connectivity index (χ2n) is 3.43. The number of amides is 1. The van der Waals surface area contributed by atoms with E-state index in [2.05, 4.69) is 19.2 Å². The lowest BCUT2D eigenvalue weighted by molar-refractivity contribution is -0.132. The summed E-state index contributed by atoms with van der Waals surface area (Å²) in [4.78, 5) is 13.6. The molecule has 0 bridgehead atoms. The fraction of sp³-hybridized carbons (Fsp3) is 0.889. The summed E-state index contributed by atoms with van der Waals surface area (Å²) < 4.78 is 0. The van der Waals surface area contributed by atoms with E-state index in [1.54, 1.807) is 0 Å². The zero-order valence-electron chi connectivity index (χ0n) is 8.95. The van der Waals surface area contributed by atoms with Crippen LogP contribution in [0.3, 0.4) is 0 Å². The first kappa shape index (κ1) is 14.1. The van der Waals surface area contributed by atoms with Gasteiger partial charge in [-0.05, 0) is 14.0 Å². The zero-order valence-corrected chi connectivity index (χ0v) is 10.6. The van der Waals surface area contributed by atoms with E-state index in [0.717, 1.165) is 12.3 Å². The molecule has 5 heteroatoms. The third-order valence-electron chi connectivity index (χ3n) is 2.53. The van der Waals surface area contributed by atoms with Crippen LogP contribution in [0.25, 0.3) is 0 Å². The molecule has 14 heavy (non-hydrogen) atoms. The molecule has 1 aliphatic heterocycles. The molecule has 1 fully saturated rings. The summed E-state index contributed by atoms with van der Waals surface area (Å²) in [6.45, 7) is 5.68. The number of hydrogen-bond acceptors (Lipinski definition) is 3. The van der Waals surface area contributed by atoms with Crippen molar-refractivity contribution < 1.29 is 4.79 Å². The number of carbonyl (C=O) groups is 1. The summed E-state index contributed by atoms with van der Waals surface area (Å²) in [7, 11) is 1.81. The van der Waals surface area contributed by atoms with Crippen molar-refractivity contribution in [2.24, 2.45) is 0 Å². The molecule has 1 rings (SSSR count). The summed E-state index contributed by atoms with van der Waals surface area (Å²) in [6.07, 6.45) is 0. The van der Waals surface area contributed by atoms with Gasteiger partial charge in [0.25, 0.3) is 0 Å². The third-order valence-corrected chi connectivity index (χ3v) is 3.87. The van der Waals surface area contributed by atoms with Gasteiger partial charge in [0.05, 0.1) is 6.54 Å². The first-order valence-corrected chi connectivity index (χ1v) is 5.77. The van der Waals surface area contributed by atoms with E-state index in [1.807, 2.05) is 23.7 Å². The molecule has 2 atom stereocenters. The molecule has 1 aliphatic rings. The topological polar surface area (TPSA) is 32.3 Å². The van der Waals surface area contributed by atoms with Crippen LogP contribution in [0.4, 0.5) is 0 Å². The van der Waals surface area contributed by atoms with Crippen LogP contribution < -0.4 is 5.32 Å². The van der Waals surface area contributed by atoms with Gasteiger partial charge in [0.2, 0.25) is 5.91 Å².